The zero-order valence-electron chi connectivity index (χ0n) is 21.9. The molecule has 0 aliphatic heterocycles. The SMILES string of the molecule is CC(=O)Nc1ccc(/C=C/c2ccc(NC(=S)NC(C)C)cc2S(=O)(=O)N(C)C)c(S(=O)(=O)N(C)C)c1. The lowest BCUT2D eigenvalue weighted by Crippen LogP contribution is -2.34. The molecule has 0 aliphatic rings. The zero-order valence-corrected chi connectivity index (χ0v) is 24.3. The molecule has 0 saturated carbocycles. The van der Waals surface area contributed by atoms with E-state index in [-0.39, 0.29) is 21.7 Å². The van der Waals surface area contributed by atoms with E-state index in [2.05, 4.69) is 16.0 Å². The third-order valence-corrected chi connectivity index (χ3v) is 8.95. The Morgan fingerprint density at radius 1 is 0.811 bits per heavy atom. The van der Waals surface area contributed by atoms with Gasteiger partial charge >= 0.3 is 0 Å². The van der Waals surface area contributed by atoms with E-state index in [1.807, 2.05) is 13.8 Å². The van der Waals surface area contributed by atoms with E-state index >= 15 is 0 Å². The first-order chi connectivity index (χ1) is 17.0. The van der Waals surface area contributed by atoms with Crippen molar-refractivity contribution in [2.24, 2.45) is 0 Å². The minimum absolute atomic E-state index is 0.0120. The van der Waals surface area contributed by atoms with E-state index in [1.54, 1.807) is 24.3 Å². The average molecular weight is 568 g/mol. The maximum atomic E-state index is 13.1. The maximum absolute atomic E-state index is 13.1. The molecule has 13 heteroatoms. The van der Waals surface area contributed by atoms with E-state index in [1.165, 1.54) is 59.4 Å². The van der Waals surface area contributed by atoms with Gasteiger partial charge in [0.15, 0.2) is 5.11 Å². The monoisotopic (exact) mass is 567 g/mol. The predicted molar refractivity (Wildman–Crippen MR) is 152 cm³/mol. The molecule has 0 spiro atoms. The minimum Gasteiger partial charge on any atom is -0.360 e. The van der Waals surface area contributed by atoms with Gasteiger partial charge in [0.1, 0.15) is 0 Å². The Balaban J connectivity index is 2.63. The van der Waals surface area contributed by atoms with Crippen LogP contribution < -0.4 is 16.0 Å². The van der Waals surface area contributed by atoms with Crippen molar-refractivity contribution in [1.82, 2.24) is 13.9 Å². The number of thiocarbonyl (C=S) groups is 1. The van der Waals surface area contributed by atoms with Crippen LogP contribution in [0.4, 0.5) is 11.4 Å². The lowest BCUT2D eigenvalue weighted by atomic mass is 10.1. The molecular formula is C24H33N5O5S3. The summed E-state index contributed by atoms with van der Waals surface area (Å²) in [5, 5.41) is 8.95. The molecule has 0 atom stereocenters. The fraction of sp³-hybridized carbons (Fsp3) is 0.333. The van der Waals surface area contributed by atoms with Gasteiger partial charge in [0, 0.05) is 52.5 Å². The molecule has 0 bridgehead atoms. The van der Waals surface area contributed by atoms with E-state index in [0.29, 0.717) is 27.6 Å². The number of nitrogens with zero attached hydrogens (tertiary/aromatic N) is 2. The smallest absolute Gasteiger partial charge is 0.243 e. The van der Waals surface area contributed by atoms with Crippen molar-refractivity contribution in [3.8, 4) is 0 Å². The molecule has 1 amide bonds. The highest BCUT2D eigenvalue weighted by Gasteiger charge is 2.23. The zero-order chi connectivity index (χ0) is 28.1. The molecule has 2 aromatic carbocycles. The second kappa shape index (κ2) is 12.1. The highest BCUT2D eigenvalue weighted by molar-refractivity contribution is 7.89. The first kappa shape index (κ1) is 30.4. The molecule has 0 radical (unpaired) electrons. The highest BCUT2D eigenvalue weighted by Crippen LogP contribution is 2.28. The summed E-state index contributed by atoms with van der Waals surface area (Å²) in [6.07, 6.45) is 3.06. The number of anilines is 2. The number of carbonyl (C=O) groups excluding carboxylic acids is 1. The van der Waals surface area contributed by atoms with Crippen LogP contribution in [0.25, 0.3) is 12.2 Å². The van der Waals surface area contributed by atoms with Gasteiger partial charge in [-0.05, 0) is 61.5 Å². The van der Waals surface area contributed by atoms with Gasteiger partial charge in [-0.1, -0.05) is 24.3 Å². The predicted octanol–water partition coefficient (Wildman–Crippen LogP) is 3.01. The normalized spacial score (nSPS) is 12.4. The molecule has 2 rings (SSSR count). The van der Waals surface area contributed by atoms with E-state index in [0.717, 1.165) is 8.61 Å². The molecule has 0 fully saturated rings. The standard InChI is InChI=1S/C24H33N5O5S3/c1-16(2)25-24(35)27-21-13-11-19(23(15-21)37(33,34)29(6)7)9-8-18-10-12-20(26-17(3)30)14-22(18)36(31,32)28(4)5/h8-16H,1-7H3,(H,26,30)(H2,25,27,35)/b9-8+. The molecule has 202 valence electrons. The van der Waals surface area contributed by atoms with Gasteiger partial charge < -0.3 is 16.0 Å². The lowest BCUT2D eigenvalue weighted by molar-refractivity contribution is -0.114. The van der Waals surface area contributed by atoms with Crippen molar-refractivity contribution >= 4 is 66.8 Å². The van der Waals surface area contributed by atoms with Crippen LogP contribution in [0.3, 0.4) is 0 Å². The van der Waals surface area contributed by atoms with Gasteiger partial charge in [-0.3, -0.25) is 4.79 Å². The van der Waals surface area contributed by atoms with Crippen LogP contribution in [0.1, 0.15) is 31.9 Å². The summed E-state index contributed by atoms with van der Waals surface area (Å²) in [6, 6.07) is 9.34. The third kappa shape index (κ3) is 7.82. The lowest BCUT2D eigenvalue weighted by Gasteiger charge is -2.17. The Kier molecular flexibility index (Phi) is 9.97. The Morgan fingerprint density at radius 2 is 1.22 bits per heavy atom. The number of rotatable bonds is 9. The topological polar surface area (TPSA) is 128 Å². The molecule has 0 aliphatic carbocycles. The quantitative estimate of drug-likeness (QED) is 0.312. The molecule has 0 heterocycles. The van der Waals surface area contributed by atoms with Crippen molar-refractivity contribution in [2.75, 3.05) is 38.8 Å². The Bertz CT molecular complexity index is 1420. The number of nitrogens with one attached hydrogen (secondary N) is 3. The van der Waals surface area contributed by atoms with Gasteiger partial charge in [-0.2, -0.15) is 0 Å². The number of sulfonamides is 2. The fourth-order valence-corrected chi connectivity index (χ4v) is 5.71. The van der Waals surface area contributed by atoms with Crippen molar-refractivity contribution in [1.29, 1.82) is 0 Å². The minimum atomic E-state index is -3.88. The van der Waals surface area contributed by atoms with Gasteiger partial charge in [-0.15, -0.1) is 0 Å². The number of benzene rings is 2. The molecule has 3 N–H and O–H groups in total. The maximum Gasteiger partial charge on any atom is 0.243 e. The van der Waals surface area contributed by atoms with Gasteiger partial charge in [0.25, 0.3) is 0 Å². The van der Waals surface area contributed by atoms with Gasteiger partial charge in [0.2, 0.25) is 26.0 Å². The molecule has 10 nitrogen and oxygen atoms in total. The van der Waals surface area contributed by atoms with Crippen LogP contribution >= 0.6 is 12.2 Å². The molecule has 0 unspecified atom stereocenters. The highest BCUT2D eigenvalue weighted by atomic mass is 32.2. The second-order valence-electron chi connectivity index (χ2n) is 8.85. The molecule has 0 saturated heterocycles. The number of carbonyl (C=O) groups is 1. The second-order valence-corrected chi connectivity index (χ2v) is 13.5. The fourth-order valence-electron chi connectivity index (χ4n) is 3.15. The van der Waals surface area contributed by atoms with Gasteiger partial charge in [-0.25, -0.2) is 25.4 Å². The first-order valence-corrected chi connectivity index (χ1v) is 14.5. The van der Waals surface area contributed by atoms with E-state index < -0.39 is 20.0 Å². The third-order valence-electron chi connectivity index (χ3n) is 4.98. The molecule has 0 aromatic heterocycles. The van der Waals surface area contributed by atoms with Gasteiger partial charge in [0.05, 0.1) is 9.79 Å². The Morgan fingerprint density at radius 3 is 1.57 bits per heavy atom. The largest absolute Gasteiger partial charge is 0.360 e. The van der Waals surface area contributed by atoms with Crippen LogP contribution in [-0.4, -0.2) is 70.7 Å². The summed E-state index contributed by atoms with van der Waals surface area (Å²) < 4.78 is 54.4. The summed E-state index contributed by atoms with van der Waals surface area (Å²) in [4.78, 5) is 11.4. The molecule has 37 heavy (non-hydrogen) atoms. The van der Waals surface area contributed by atoms with E-state index in [4.69, 9.17) is 12.2 Å². The Labute approximate surface area is 224 Å². The van der Waals surface area contributed by atoms with E-state index in [9.17, 15) is 21.6 Å². The van der Waals surface area contributed by atoms with Crippen molar-refractivity contribution in [3.05, 3.63) is 47.5 Å². The van der Waals surface area contributed by atoms with Crippen LogP contribution in [0.2, 0.25) is 0 Å². The van der Waals surface area contributed by atoms with Crippen LogP contribution in [-0.2, 0) is 24.8 Å². The average Bonchev–Trinajstić information content (AvgIpc) is 2.77. The summed E-state index contributed by atoms with van der Waals surface area (Å²) in [7, 11) is -2.08. The summed E-state index contributed by atoms with van der Waals surface area (Å²) in [6.45, 7) is 5.18. The van der Waals surface area contributed by atoms with Crippen molar-refractivity contribution < 1.29 is 21.6 Å². The summed E-state index contributed by atoms with van der Waals surface area (Å²) >= 11 is 5.27. The van der Waals surface area contributed by atoms with Crippen LogP contribution in [0.15, 0.2) is 46.2 Å². The summed E-state index contributed by atoms with van der Waals surface area (Å²) in [5.41, 5.74) is 1.47. The number of hydrogen-bond acceptors (Lipinski definition) is 6. The molecular weight excluding hydrogens is 534 g/mol. The number of amides is 1. The Hall–Kier alpha value is -2.84. The van der Waals surface area contributed by atoms with Crippen molar-refractivity contribution in [2.45, 2.75) is 36.6 Å². The first-order valence-electron chi connectivity index (χ1n) is 11.2. The van der Waals surface area contributed by atoms with Crippen LogP contribution in [0, 0.1) is 0 Å². The molecule has 2 aromatic rings. The summed E-state index contributed by atoms with van der Waals surface area (Å²) in [5.74, 6) is -0.341. The number of hydrogen-bond donors (Lipinski definition) is 3. The van der Waals surface area contributed by atoms with Crippen molar-refractivity contribution in [3.63, 3.8) is 0 Å². The van der Waals surface area contributed by atoms with Crippen LogP contribution in [0.5, 0.6) is 0 Å².